The molecule has 1 N–H and O–H groups in total. The van der Waals surface area contributed by atoms with Crippen molar-refractivity contribution in [3.05, 3.63) is 93.7 Å². The molecule has 0 fully saturated rings. The van der Waals surface area contributed by atoms with Gasteiger partial charge in [-0.05, 0) is 55.5 Å². The Bertz CT molecular complexity index is 1230. The predicted octanol–water partition coefficient (Wildman–Crippen LogP) is 4.79. The quantitative estimate of drug-likeness (QED) is 0.379. The van der Waals surface area contributed by atoms with E-state index in [-0.39, 0.29) is 21.2 Å². The summed E-state index contributed by atoms with van der Waals surface area (Å²) in [4.78, 5) is 12.5. The average Bonchev–Trinajstić information content (AvgIpc) is 2.75. The minimum Gasteiger partial charge on any atom is -0.271 e. The van der Waals surface area contributed by atoms with Gasteiger partial charge in [0.05, 0.1) is 21.8 Å². The summed E-state index contributed by atoms with van der Waals surface area (Å²) in [6.07, 6.45) is 1.05. The van der Waals surface area contributed by atoms with Gasteiger partial charge in [0.1, 0.15) is 12.4 Å². The number of sulfonamides is 1. The Hall–Kier alpha value is -2.94. The Morgan fingerprint density at radius 3 is 2.34 bits per heavy atom. The fourth-order valence-corrected chi connectivity index (χ4v) is 4.49. The molecule has 0 unspecified atom stereocenters. The summed E-state index contributed by atoms with van der Waals surface area (Å²) in [5.74, 6) is -1.35. The van der Waals surface area contributed by atoms with Crippen LogP contribution in [0.4, 0.5) is 10.1 Å². The standard InChI is InChI=1S/C22H18Cl2FN3O3S/c1-15-5-11-18(12-6-15)32(30,31)28(17-9-7-16(23)8-10-17)14-22(29)27-26-13-19-20(24)3-2-4-21(19)25/h2-13H,14H2,1H3,(H,27,29)/b26-13-. The van der Waals surface area contributed by atoms with Crippen molar-refractivity contribution >= 4 is 51.0 Å². The van der Waals surface area contributed by atoms with Crippen molar-refractivity contribution in [2.45, 2.75) is 11.8 Å². The van der Waals surface area contributed by atoms with E-state index >= 15 is 0 Å². The van der Waals surface area contributed by atoms with Crippen molar-refractivity contribution in [2.75, 3.05) is 10.8 Å². The van der Waals surface area contributed by atoms with Gasteiger partial charge in [0.25, 0.3) is 15.9 Å². The summed E-state index contributed by atoms with van der Waals surface area (Å²) >= 11 is 11.8. The molecule has 10 heteroatoms. The van der Waals surface area contributed by atoms with Crippen molar-refractivity contribution < 1.29 is 17.6 Å². The molecule has 0 aliphatic carbocycles. The molecule has 0 saturated carbocycles. The van der Waals surface area contributed by atoms with E-state index in [9.17, 15) is 17.6 Å². The molecule has 3 aromatic rings. The zero-order valence-electron chi connectivity index (χ0n) is 16.8. The second kappa shape index (κ2) is 10.1. The number of hydrazone groups is 1. The number of amides is 1. The van der Waals surface area contributed by atoms with Gasteiger partial charge in [-0.1, -0.05) is 47.0 Å². The van der Waals surface area contributed by atoms with Crippen LogP contribution in [0, 0.1) is 12.7 Å². The van der Waals surface area contributed by atoms with E-state index in [0.717, 1.165) is 16.1 Å². The van der Waals surface area contributed by atoms with Crippen molar-refractivity contribution in [3.8, 4) is 0 Å². The Morgan fingerprint density at radius 1 is 1.06 bits per heavy atom. The molecular weight excluding hydrogens is 476 g/mol. The molecule has 6 nitrogen and oxygen atoms in total. The molecule has 166 valence electrons. The number of anilines is 1. The van der Waals surface area contributed by atoms with Crippen LogP contribution in [0.5, 0.6) is 0 Å². The van der Waals surface area contributed by atoms with Gasteiger partial charge in [0.15, 0.2) is 0 Å². The van der Waals surface area contributed by atoms with Gasteiger partial charge in [-0.25, -0.2) is 18.2 Å². The van der Waals surface area contributed by atoms with Crippen molar-refractivity contribution in [1.29, 1.82) is 0 Å². The summed E-state index contributed by atoms with van der Waals surface area (Å²) in [6, 6.07) is 16.4. The maximum atomic E-state index is 13.8. The first-order chi connectivity index (χ1) is 15.2. The molecule has 0 atom stereocenters. The third-order valence-electron chi connectivity index (χ3n) is 4.39. The van der Waals surface area contributed by atoms with Gasteiger partial charge in [-0.2, -0.15) is 5.10 Å². The van der Waals surface area contributed by atoms with E-state index in [2.05, 4.69) is 10.5 Å². The highest BCUT2D eigenvalue weighted by molar-refractivity contribution is 7.92. The zero-order valence-corrected chi connectivity index (χ0v) is 19.1. The first kappa shape index (κ1) is 23.7. The van der Waals surface area contributed by atoms with Crippen LogP contribution in [0.2, 0.25) is 10.0 Å². The average molecular weight is 494 g/mol. The number of hydrogen-bond donors (Lipinski definition) is 1. The zero-order chi connectivity index (χ0) is 23.3. The molecule has 1 amide bonds. The van der Waals surface area contributed by atoms with Gasteiger partial charge < -0.3 is 0 Å². The van der Waals surface area contributed by atoms with E-state index in [4.69, 9.17) is 23.2 Å². The van der Waals surface area contributed by atoms with Gasteiger partial charge in [-0.3, -0.25) is 9.10 Å². The van der Waals surface area contributed by atoms with Gasteiger partial charge in [0.2, 0.25) is 0 Å². The highest BCUT2D eigenvalue weighted by Gasteiger charge is 2.27. The molecule has 0 bridgehead atoms. The largest absolute Gasteiger partial charge is 0.271 e. The van der Waals surface area contributed by atoms with Gasteiger partial charge in [0, 0.05) is 10.6 Å². The van der Waals surface area contributed by atoms with E-state index in [1.807, 2.05) is 6.92 Å². The van der Waals surface area contributed by atoms with Crippen LogP contribution in [0.15, 0.2) is 76.7 Å². The van der Waals surface area contributed by atoms with Crippen LogP contribution in [0.3, 0.4) is 0 Å². The Kier molecular flexibility index (Phi) is 7.50. The second-order valence-corrected chi connectivity index (χ2v) is 9.44. The van der Waals surface area contributed by atoms with Crippen LogP contribution in [-0.4, -0.2) is 27.1 Å². The van der Waals surface area contributed by atoms with Crippen LogP contribution in [0.25, 0.3) is 0 Å². The smallest absolute Gasteiger partial charge is 0.264 e. The van der Waals surface area contributed by atoms with E-state index in [0.29, 0.717) is 5.02 Å². The molecule has 0 aromatic heterocycles. The summed E-state index contributed by atoms with van der Waals surface area (Å²) in [6.45, 7) is 1.26. The molecule has 3 aromatic carbocycles. The molecule has 0 heterocycles. The lowest BCUT2D eigenvalue weighted by molar-refractivity contribution is -0.119. The number of carbonyl (C=O) groups is 1. The molecular formula is C22H18Cl2FN3O3S. The number of nitrogens with zero attached hydrogens (tertiary/aromatic N) is 2. The highest BCUT2D eigenvalue weighted by atomic mass is 35.5. The number of aryl methyl sites for hydroxylation is 1. The lowest BCUT2D eigenvalue weighted by Crippen LogP contribution is -2.39. The maximum absolute atomic E-state index is 13.8. The van der Waals surface area contributed by atoms with Crippen LogP contribution >= 0.6 is 23.2 Å². The molecule has 3 rings (SSSR count). The van der Waals surface area contributed by atoms with Crippen molar-refractivity contribution in [2.24, 2.45) is 5.10 Å². The van der Waals surface area contributed by atoms with Crippen molar-refractivity contribution in [1.82, 2.24) is 5.43 Å². The van der Waals surface area contributed by atoms with E-state index in [1.165, 1.54) is 54.6 Å². The van der Waals surface area contributed by atoms with Crippen molar-refractivity contribution in [3.63, 3.8) is 0 Å². The maximum Gasteiger partial charge on any atom is 0.264 e. The summed E-state index contributed by atoms with van der Waals surface area (Å²) in [5, 5.41) is 4.23. The van der Waals surface area contributed by atoms with Gasteiger partial charge in [-0.15, -0.1) is 0 Å². The fourth-order valence-electron chi connectivity index (χ4n) is 2.73. The van der Waals surface area contributed by atoms with Crippen LogP contribution in [0.1, 0.15) is 11.1 Å². The second-order valence-electron chi connectivity index (χ2n) is 6.73. The number of nitrogens with one attached hydrogen (secondary N) is 1. The first-order valence-corrected chi connectivity index (χ1v) is 11.5. The number of benzene rings is 3. The Morgan fingerprint density at radius 2 is 1.72 bits per heavy atom. The fraction of sp³-hybridized carbons (Fsp3) is 0.0909. The number of rotatable bonds is 7. The number of carbonyl (C=O) groups excluding carboxylic acids is 1. The minimum absolute atomic E-state index is 0.00343. The van der Waals surface area contributed by atoms with E-state index in [1.54, 1.807) is 12.1 Å². The summed E-state index contributed by atoms with van der Waals surface area (Å²) in [7, 11) is -4.07. The Balaban J connectivity index is 1.85. The number of halogens is 3. The normalized spacial score (nSPS) is 11.5. The van der Waals surface area contributed by atoms with E-state index < -0.39 is 28.3 Å². The molecule has 0 spiro atoms. The monoisotopic (exact) mass is 493 g/mol. The third kappa shape index (κ3) is 5.64. The summed E-state index contributed by atoms with van der Waals surface area (Å²) in [5.41, 5.74) is 3.33. The highest BCUT2D eigenvalue weighted by Crippen LogP contribution is 2.25. The molecule has 32 heavy (non-hydrogen) atoms. The third-order valence-corrected chi connectivity index (χ3v) is 6.76. The van der Waals surface area contributed by atoms with Gasteiger partial charge >= 0.3 is 0 Å². The number of hydrogen-bond acceptors (Lipinski definition) is 4. The SMILES string of the molecule is Cc1ccc(S(=O)(=O)N(CC(=O)N/N=C\c2c(F)cccc2Cl)c2ccc(Cl)cc2)cc1. The van der Waals surface area contributed by atoms with Crippen LogP contribution < -0.4 is 9.73 Å². The molecule has 0 aliphatic rings. The minimum atomic E-state index is -4.07. The Labute approximate surface area is 195 Å². The summed E-state index contributed by atoms with van der Waals surface area (Å²) < 4.78 is 41.3. The topological polar surface area (TPSA) is 78.8 Å². The molecule has 0 aliphatic heterocycles. The lowest BCUT2D eigenvalue weighted by Gasteiger charge is -2.23. The molecule has 0 saturated heterocycles. The predicted molar refractivity (Wildman–Crippen MR) is 124 cm³/mol. The molecule has 0 radical (unpaired) electrons. The lowest BCUT2D eigenvalue weighted by atomic mass is 10.2. The first-order valence-electron chi connectivity index (χ1n) is 9.29. The van der Waals surface area contributed by atoms with Crippen LogP contribution in [-0.2, 0) is 14.8 Å².